The molecule has 0 saturated carbocycles. The van der Waals surface area contributed by atoms with E-state index in [-0.39, 0.29) is 6.10 Å². The first-order chi connectivity index (χ1) is 5.95. The predicted octanol–water partition coefficient (Wildman–Crippen LogP) is 3.75. The molecule has 13 heavy (non-hydrogen) atoms. The molecule has 0 heterocycles. The summed E-state index contributed by atoms with van der Waals surface area (Å²) in [5.74, 6) is 0. The van der Waals surface area contributed by atoms with Crippen molar-refractivity contribution in [3.63, 3.8) is 0 Å². The van der Waals surface area contributed by atoms with E-state index in [1.807, 2.05) is 0 Å². The topological polar surface area (TPSA) is 20.2 Å². The molecule has 0 aliphatic rings. The van der Waals surface area contributed by atoms with Crippen molar-refractivity contribution in [3.8, 4) is 0 Å². The van der Waals surface area contributed by atoms with E-state index in [1.54, 1.807) is 0 Å². The fraction of sp³-hybridized carbons (Fsp3) is 1.00. The molecule has 0 aromatic heterocycles. The molecule has 0 saturated heterocycles. The Hall–Kier alpha value is -0.0400. The Morgan fingerprint density at radius 1 is 1.08 bits per heavy atom. The van der Waals surface area contributed by atoms with Crippen molar-refractivity contribution < 1.29 is 5.11 Å². The van der Waals surface area contributed by atoms with Crippen LogP contribution in [0.5, 0.6) is 0 Å². The maximum Gasteiger partial charge on any atom is 0.0540 e. The zero-order chi connectivity index (χ0) is 10.3. The number of aliphatic hydroxyl groups is 1. The summed E-state index contributed by atoms with van der Waals surface area (Å²) in [6.07, 6.45) is 6.65. The summed E-state index contributed by atoms with van der Waals surface area (Å²) in [4.78, 5) is 0. The Kier molecular flexibility index (Phi) is 6.40. The monoisotopic (exact) mass is 186 g/mol. The van der Waals surface area contributed by atoms with Gasteiger partial charge in [-0.1, -0.05) is 47.0 Å². The summed E-state index contributed by atoms with van der Waals surface area (Å²) >= 11 is 0. The number of hydrogen-bond donors (Lipinski definition) is 1. The van der Waals surface area contributed by atoms with Gasteiger partial charge in [0.05, 0.1) is 6.10 Å². The minimum absolute atomic E-state index is 0.0534. The second kappa shape index (κ2) is 6.42. The number of rotatable bonds is 6. The van der Waals surface area contributed by atoms with E-state index in [0.717, 1.165) is 25.7 Å². The first-order valence-corrected chi connectivity index (χ1v) is 5.64. The van der Waals surface area contributed by atoms with Gasteiger partial charge in [0.15, 0.2) is 0 Å². The van der Waals surface area contributed by atoms with Crippen molar-refractivity contribution >= 4 is 0 Å². The first-order valence-electron chi connectivity index (χ1n) is 5.64. The van der Waals surface area contributed by atoms with Gasteiger partial charge in [0.1, 0.15) is 0 Å². The minimum atomic E-state index is -0.0534. The van der Waals surface area contributed by atoms with E-state index in [1.165, 1.54) is 12.8 Å². The van der Waals surface area contributed by atoms with Gasteiger partial charge in [-0.15, -0.1) is 0 Å². The molecule has 0 radical (unpaired) electrons. The van der Waals surface area contributed by atoms with Crippen LogP contribution in [-0.2, 0) is 0 Å². The van der Waals surface area contributed by atoms with Crippen LogP contribution in [0.4, 0.5) is 0 Å². The molecule has 1 heteroatoms. The van der Waals surface area contributed by atoms with E-state index < -0.39 is 0 Å². The lowest BCUT2D eigenvalue weighted by molar-refractivity contribution is 0.143. The van der Waals surface area contributed by atoms with Crippen LogP contribution in [0, 0.1) is 5.41 Å². The third kappa shape index (κ3) is 9.88. The maximum atomic E-state index is 9.58. The zero-order valence-electron chi connectivity index (χ0n) is 9.77. The summed E-state index contributed by atoms with van der Waals surface area (Å²) < 4.78 is 0. The molecule has 80 valence electrons. The molecule has 0 rings (SSSR count). The van der Waals surface area contributed by atoms with Crippen LogP contribution >= 0.6 is 0 Å². The average Bonchev–Trinajstić information content (AvgIpc) is 1.98. The predicted molar refractivity (Wildman–Crippen MR) is 58.8 cm³/mol. The fourth-order valence-electron chi connectivity index (χ4n) is 1.45. The highest BCUT2D eigenvalue weighted by Crippen LogP contribution is 2.22. The van der Waals surface area contributed by atoms with Crippen LogP contribution in [0.2, 0.25) is 0 Å². The molecule has 0 fully saturated rings. The van der Waals surface area contributed by atoms with Gasteiger partial charge in [-0.05, 0) is 24.7 Å². The van der Waals surface area contributed by atoms with Crippen LogP contribution in [-0.4, -0.2) is 11.2 Å². The van der Waals surface area contributed by atoms with Gasteiger partial charge < -0.3 is 5.11 Å². The Bertz CT molecular complexity index is 113. The third-order valence-corrected chi connectivity index (χ3v) is 2.36. The lowest BCUT2D eigenvalue weighted by atomic mass is 9.89. The van der Waals surface area contributed by atoms with Crippen molar-refractivity contribution in [2.75, 3.05) is 0 Å². The van der Waals surface area contributed by atoms with E-state index >= 15 is 0 Å². The normalized spacial score (nSPS) is 14.5. The first kappa shape index (κ1) is 13.0. The highest BCUT2D eigenvalue weighted by molar-refractivity contribution is 4.63. The molecule has 1 N–H and O–H groups in total. The molecular formula is C12H26O. The standard InChI is InChI=1S/C12H26O/c1-5-6-8-11(13)9-7-10-12(2,3)4/h11,13H,5-10H2,1-4H3/t11-/m1/s1. The zero-order valence-corrected chi connectivity index (χ0v) is 9.77. The minimum Gasteiger partial charge on any atom is -0.393 e. The van der Waals surface area contributed by atoms with Gasteiger partial charge in [0.2, 0.25) is 0 Å². The second-order valence-corrected chi connectivity index (χ2v) is 5.25. The van der Waals surface area contributed by atoms with E-state index in [0.29, 0.717) is 5.41 Å². The lowest BCUT2D eigenvalue weighted by Gasteiger charge is -2.18. The summed E-state index contributed by atoms with van der Waals surface area (Å²) in [5.41, 5.74) is 0.421. The molecule has 0 bridgehead atoms. The Morgan fingerprint density at radius 2 is 1.62 bits per heavy atom. The van der Waals surface area contributed by atoms with Gasteiger partial charge in [0, 0.05) is 0 Å². The number of hydrogen-bond acceptors (Lipinski definition) is 1. The Labute approximate surface area is 83.5 Å². The van der Waals surface area contributed by atoms with Crippen LogP contribution in [0.15, 0.2) is 0 Å². The quantitative estimate of drug-likeness (QED) is 0.669. The lowest BCUT2D eigenvalue weighted by Crippen LogP contribution is -2.09. The molecule has 1 nitrogen and oxygen atoms in total. The fourth-order valence-corrected chi connectivity index (χ4v) is 1.45. The van der Waals surface area contributed by atoms with Crippen molar-refractivity contribution in [2.24, 2.45) is 5.41 Å². The molecule has 0 spiro atoms. The smallest absolute Gasteiger partial charge is 0.0540 e. The third-order valence-electron chi connectivity index (χ3n) is 2.36. The van der Waals surface area contributed by atoms with Crippen LogP contribution in [0.3, 0.4) is 0 Å². The van der Waals surface area contributed by atoms with Gasteiger partial charge in [0.25, 0.3) is 0 Å². The van der Waals surface area contributed by atoms with E-state index in [2.05, 4.69) is 27.7 Å². The average molecular weight is 186 g/mol. The number of unbranched alkanes of at least 4 members (excludes halogenated alkanes) is 1. The van der Waals surface area contributed by atoms with Crippen molar-refractivity contribution in [1.29, 1.82) is 0 Å². The molecule has 0 amide bonds. The van der Waals surface area contributed by atoms with Gasteiger partial charge in [-0.2, -0.15) is 0 Å². The molecule has 0 aromatic carbocycles. The molecule has 0 aliphatic carbocycles. The SMILES string of the molecule is CCCC[C@@H](O)CCCC(C)(C)C. The van der Waals surface area contributed by atoms with Crippen molar-refractivity contribution in [2.45, 2.75) is 72.3 Å². The van der Waals surface area contributed by atoms with Crippen LogP contribution < -0.4 is 0 Å². The largest absolute Gasteiger partial charge is 0.393 e. The molecule has 1 atom stereocenters. The van der Waals surface area contributed by atoms with Crippen molar-refractivity contribution in [3.05, 3.63) is 0 Å². The van der Waals surface area contributed by atoms with Crippen LogP contribution in [0.1, 0.15) is 66.2 Å². The van der Waals surface area contributed by atoms with Crippen molar-refractivity contribution in [1.82, 2.24) is 0 Å². The molecule has 0 unspecified atom stereocenters. The summed E-state index contributed by atoms with van der Waals surface area (Å²) in [6, 6.07) is 0. The summed E-state index contributed by atoms with van der Waals surface area (Å²) in [5, 5.41) is 9.58. The Morgan fingerprint density at radius 3 is 2.08 bits per heavy atom. The van der Waals surface area contributed by atoms with Gasteiger partial charge in [-0.3, -0.25) is 0 Å². The summed E-state index contributed by atoms with van der Waals surface area (Å²) in [7, 11) is 0. The number of aliphatic hydroxyl groups excluding tert-OH is 1. The summed E-state index contributed by atoms with van der Waals surface area (Å²) in [6.45, 7) is 8.93. The molecular weight excluding hydrogens is 160 g/mol. The molecule has 0 aliphatic heterocycles. The van der Waals surface area contributed by atoms with Gasteiger partial charge in [-0.25, -0.2) is 0 Å². The second-order valence-electron chi connectivity index (χ2n) is 5.25. The molecule has 0 aromatic rings. The van der Waals surface area contributed by atoms with E-state index in [9.17, 15) is 5.11 Å². The van der Waals surface area contributed by atoms with Gasteiger partial charge >= 0.3 is 0 Å². The Balaban J connectivity index is 3.31. The maximum absolute atomic E-state index is 9.58. The highest BCUT2D eigenvalue weighted by Gasteiger charge is 2.11. The highest BCUT2D eigenvalue weighted by atomic mass is 16.3. The van der Waals surface area contributed by atoms with Crippen LogP contribution in [0.25, 0.3) is 0 Å². The van der Waals surface area contributed by atoms with E-state index in [4.69, 9.17) is 0 Å².